The average molecular weight is 187 g/mol. The zero-order valence-corrected chi connectivity index (χ0v) is 9.15. The Balaban J connectivity index is 2.73. The summed E-state index contributed by atoms with van der Waals surface area (Å²) in [4.78, 5) is 3.45. The van der Waals surface area contributed by atoms with Crippen molar-refractivity contribution in [1.82, 2.24) is 4.98 Å². The third-order valence-corrected chi connectivity index (χ3v) is 2.94. The number of fused-ring (bicyclic) bond motifs is 1. The minimum Gasteiger partial charge on any atom is -0.358 e. The summed E-state index contributed by atoms with van der Waals surface area (Å²) in [6.45, 7) is 6.60. The standard InChI is InChI=1S/C13H17N/c1-4-10-8-12-11(5-2)9(3)6-7-13(12)14-10/h6-8,14H,4-5H2,1-3H3. The van der Waals surface area contributed by atoms with Crippen molar-refractivity contribution < 1.29 is 0 Å². The van der Waals surface area contributed by atoms with Crippen LogP contribution in [-0.2, 0) is 12.8 Å². The summed E-state index contributed by atoms with van der Waals surface area (Å²) in [7, 11) is 0. The maximum absolute atomic E-state index is 3.45. The van der Waals surface area contributed by atoms with Gasteiger partial charge in [-0.1, -0.05) is 19.9 Å². The highest BCUT2D eigenvalue weighted by Crippen LogP contribution is 2.23. The van der Waals surface area contributed by atoms with Crippen LogP contribution in [0.2, 0.25) is 0 Å². The molecule has 0 aliphatic carbocycles. The van der Waals surface area contributed by atoms with Crippen LogP contribution in [-0.4, -0.2) is 4.98 Å². The molecule has 0 amide bonds. The topological polar surface area (TPSA) is 15.8 Å². The van der Waals surface area contributed by atoms with E-state index in [-0.39, 0.29) is 0 Å². The number of benzene rings is 1. The van der Waals surface area contributed by atoms with Gasteiger partial charge in [-0.05, 0) is 43.0 Å². The number of H-pyrrole nitrogens is 1. The maximum Gasteiger partial charge on any atom is 0.0459 e. The summed E-state index contributed by atoms with van der Waals surface area (Å²) < 4.78 is 0. The van der Waals surface area contributed by atoms with Gasteiger partial charge in [-0.2, -0.15) is 0 Å². The van der Waals surface area contributed by atoms with Crippen molar-refractivity contribution in [3.8, 4) is 0 Å². The first-order valence-electron chi connectivity index (χ1n) is 5.36. The molecular weight excluding hydrogens is 170 g/mol. The normalized spacial score (nSPS) is 11.1. The molecule has 1 aromatic carbocycles. The summed E-state index contributed by atoms with van der Waals surface area (Å²) in [5.41, 5.74) is 5.50. The summed E-state index contributed by atoms with van der Waals surface area (Å²) in [5.74, 6) is 0. The smallest absolute Gasteiger partial charge is 0.0459 e. The molecule has 0 aliphatic rings. The molecule has 0 saturated heterocycles. The van der Waals surface area contributed by atoms with Gasteiger partial charge in [-0.15, -0.1) is 0 Å². The van der Waals surface area contributed by atoms with Gasteiger partial charge in [0.25, 0.3) is 0 Å². The first-order valence-corrected chi connectivity index (χ1v) is 5.36. The van der Waals surface area contributed by atoms with E-state index in [9.17, 15) is 0 Å². The largest absolute Gasteiger partial charge is 0.358 e. The van der Waals surface area contributed by atoms with Crippen LogP contribution >= 0.6 is 0 Å². The van der Waals surface area contributed by atoms with E-state index >= 15 is 0 Å². The molecule has 1 heterocycles. The van der Waals surface area contributed by atoms with Gasteiger partial charge in [0, 0.05) is 16.6 Å². The number of nitrogens with one attached hydrogen (secondary N) is 1. The van der Waals surface area contributed by atoms with Gasteiger partial charge in [-0.3, -0.25) is 0 Å². The minimum atomic E-state index is 1.08. The molecule has 0 unspecified atom stereocenters. The molecule has 0 saturated carbocycles. The van der Waals surface area contributed by atoms with E-state index in [1.165, 1.54) is 27.7 Å². The van der Waals surface area contributed by atoms with Crippen LogP contribution in [0.25, 0.3) is 10.9 Å². The molecule has 1 N–H and O–H groups in total. The Hall–Kier alpha value is -1.24. The van der Waals surface area contributed by atoms with Crippen molar-refractivity contribution >= 4 is 10.9 Å². The van der Waals surface area contributed by atoms with Crippen molar-refractivity contribution in [3.63, 3.8) is 0 Å². The monoisotopic (exact) mass is 187 g/mol. The lowest BCUT2D eigenvalue weighted by Gasteiger charge is -2.03. The Morgan fingerprint density at radius 2 is 1.93 bits per heavy atom. The second-order valence-corrected chi connectivity index (χ2v) is 3.82. The van der Waals surface area contributed by atoms with E-state index in [1.807, 2.05) is 0 Å². The van der Waals surface area contributed by atoms with E-state index in [0.717, 1.165) is 12.8 Å². The molecule has 0 fully saturated rings. The highest BCUT2D eigenvalue weighted by Gasteiger charge is 2.05. The summed E-state index contributed by atoms with van der Waals surface area (Å²) >= 11 is 0. The van der Waals surface area contributed by atoms with Crippen molar-refractivity contribution in [3.05, 3.63) is 35.0 Å². The van der Waals surface area contributed by atoms with Crippen LogP contribution in [0.5, 0.6) is 0 Å². The zero-order valence-electron chi connectivity index (χ0n) is 9.15. The molecule has 0 atom stereocenters. The second kappa shape index (κ2) is 3.49. The number of aryl methyl sites for hydroxylation is 3. The fourth-order valence-electron chi connectivity index (χ4n) is 2.09. The predicted molar refractivity (Wildman–Crippen MR) is 61.8 cm³/mol. The number of hydrogen-bond donors (Lipinski definition) is 1. The SMILES string of the molecule is CCc1cc2c(CC)c(C)ccc2[nH]1. The second-order valence-electron chi connectivity index (χ2n) is 3.82. The summed E-state index contributed by atoms with van der Waals surface area (Å²) in [5, 5.41) is 1.41. The Labute approximate surface area is 85.1 Å². The molecule has 0 radical (unpaired) electrons. The van der Waals surface area contributed by atoms with Crippen molar-refractivity contribution in [2.45, 2.75) is 33.6 Å². The van der Waals surface area contributed by atoms with Crippen LogP contribution in [0.1, 0.15) is 30.7 Å². The lowest BCUT2D eigenvalue weighted by Crippen LogP contribution is -1.86. The lowest BCUT2D eigenvalue weighted by atomic mass is 10.0. The Morgan fingerprint density at radius 3 is 2.57 bits per heavy atom. The van der Waals surface area contributed by atoms with Gasteiger partial charge in [-0.25, -0.2) is 0 Å². The fourth-order valence-corrected chi connectivity index (χ4v) is 2.09. The molecule has 2 rings (SSSR count). The maximum atomic E-state index is 3.45. The van der Waals surface area contributed by atoms with E-state index < -0.39 is 0 Å². The molecule has 0 spiro atoms. The first kappa shape index (κ1) is 9.32. The number of aromatic nitrogens is 1. The quantitative estimate of drug-likeness (QED) is 0.739. The average Bonchev–Trinajstić information content (AvgIpc) is 2.60. The minimum absolute atomic E-state index is 1.08. The highest BCUT2D eigenvalue weighted by atomic mass is 14.7. The van der Waals surface area contributed by atoms with Crippen molar-refractivity contribution in [2.75, 3.05) is 0 Å². The number of hydrogen-bond acceptors (Lipinski definition) is 0. The molecule has 1 aromatic heterocycles. The van der Waals surface area contributed by atoms with Gasteiger partial charge in [0.05, 0.1) is 0 Å². The number of aromatic amines is 1. The third kappa shape index (κ3) is 1.33. The van der Waals surface area contributed by atoms with Gasteiger partial charge in [0.1, 0.15) is 0 Å². The van der Waals surface area contributed by atoms with Crippen LogP contribution in [0.15, 0.2) is 18.2 Å². The van der Waals surface area contributed by atoms with E-state index in [4.69, 9.17) is 0 Å². The first-order chi connectivity index (χ1) is 6.76. The molecule has 1 heteroatoms. The van der Waals surface area contributed by atoms with Crippen LogP contribution in [0.4, 0.5) is 0 Å². The van der Waals surface area contributed by atoms with Crippen LogP contribution in [0.3, 0.4) is 0 Å². The molecule has 74 valence electrons. The summed E-state index contributed by atoms with van der Waals surface area (Å²) in [6, 6.07) is 6.68. The third-order valence-electron chi connectivity index (χ3n) is 2.94. The van der Waals surface area contributed by atoms with Gasteiger partial charge >= 0.3 is 0 Å². The number of rotatable bonds is 2. The van der Waals surface area contributed by atoms with E-state index in [0.29, 0.717) is 0 Å². The Kier molecular flexibility index (Phi) is 2.32. The summed E-state index contributed by atoms with van der Waals surface area (Å²) in [6.07, 6.45) is 2.20. The van der Waals surface area contributed by atoms with Gasteiger partial charge < -0.3 is 4.98 Å². The highest BCUT2D eigenvalue weighted by molar-refractivity contribution is 5.85. The fraction of sp³-hybridized carbons (Fsp3) is 0.385. The molecule has 0 bridgehead atoms. The molecule has 0 aliphatic heterocycles. The predicted octanol–water partition coefficient (Wildman–Crippen LogP) is 3.60. The van der Waals surface area contributed by atoms with Crippen LogP contribution < -0.4 is 0 Å². The van der Waals surface area contributed by atoms with Gasteiger partial charge in [0.15, 0.2) is 0 Å². The molecule has 2 aromatic rings. The molecule has 1 nitrogen and oxygen atoms in total. The zero-order chi connectivity index (χ0) is 10.1. The molecular formula is C13H17N. The Morgan fingerprint density at radius 1 is 1.14 bits per heavy atom. The van der Waals surface area contributed by atoms with Crippen molar-refractivity contribution in [1.29, 1.82) is 0 Å². The van der Waals surface area contributed by atoms with Crippen LogP contribution in [0, 0.1) is 6.92 Å². The van der Waals surface area contributed by atoms with Crippen molar-refractivity contribution in [2.24, 2.45) is 0 Å². The van der Waals surface area contributed by atoms with E-state index in [2.05, 4.69) is 44.0 Å². The molecule has 14 heavy (non-hydrogen) atoms. The van der Waals surface area contributed by atoms with Gasteiger partial charge in [0.2, 0.25) is 0 Å². The Bertz CT molecular complexity index is 451. The lowest BCUT2D eigenvalue weighted by molar-refractivity contribution is 1.07. The van der Waals surface area contributed by atoms with E-state index in [1.54, 1.807) is 0 Å².